The fraction of sp³-hybridized carbons (Fsp3) is 0.385. The van der Waals surface area contributed by atoms with E-state index in [0.29, 0.717) is 19.4 Å². The number of rotatable bonds is 4. The highest BCUT2D eigenvalue weighted by Gasteiger charge is 2.23. The summed E-state index contributed by atoms with van der Waals surface area (Å²) in [5.74, 6) is -1.44. The molecular weight excluding hydrogens is 262 g/mol. The van der Waals surface area contributed by atoms with Gasteiger partial charge in [-0.2, -0.15) is 0 Å². The van der Waals surface area contributed by atoms with E-state index in [1.807, 2.05) is 0 Å². The molecule has 0 spiro atoms. The average molecular weight is 277 g/mol. The van der Waals surface area contributed by atoms with E-state index >= 15 is 0 Å². The molecule has 3 N–H and O–H groups in total. The van der Waals surface area contributed by atoms with Crippen LogP contribution >= 0.6 is 0 Å². The van der Waals surface area contributed by atoms with Gasteiger partial charge in [-0.3, -0.25) is 9.59 Å². The number of carbonyl (C=O) groups excluding carboxylic acids is 2. The number of nitrogens with one attached hydrogen (secondary N) is 2. The van der Waals surface area contributed by atoms with E-state index in [2.05, 4.69) is 15.6 Å². The lowest BCUT2D eigenvalue weighted by Crippen LogP contribution is -2.42. The maximum atomic E-state index is 11.9. The van der Waals surface area contributed by atoms with Crippen molar-refractivity contribution in [3.05, 3.63) is 29.6 Å². The summed E-state index contributed by atoms with van der Waals surface area (Å²) < 4.78 is 0. The summed E-state index contributed by atoms with van der Waals surface area (Å²) in [4.78, 5) is 37.3. The normalized spacial score (nSPS) is 18.2. The number of carboxylic acid groups (broad SMARTS) is 1. The molecule has 0 radical (unpaired) electrons. The van der Waals surface area contributed by atoms with Crippen molar-refractivity contribution in [3.63, 3.8) is 0 Å². The van der Waals surface area contributed by atoms with E-state index in [-0.39, 0.29) is 30.0 Å². The minimum Gasteiger partial charge on any atom is -0.477 e. The largest absolute Gasteiger partial charge is 0.477 e. The summed E-state index contributed by atoms with van der Waals surface area (Å²) in [6.45, 7) is 0.650. The van der Waals surface area contributed by atoms with E-state index in [4.69, 9.17) is 5.11 Å². The van der Waals surface area contributed by atoms with Gasteiger partial charge >= 0.3 is 5.97 Å². The van der Waals surface area contributed by atoms with Crippen LogP contribution in [0.3, 0.4) is 0 Å². The number of pyridine rings is 1. The molecule has 1 aromatic rings. The summed E-state index contributed by atoms with van der Waals surface area (Å²) in [5, 5.41) is 14.1. The third-order valence-corrected chi connectivity index (χ3v) is 3.15. The molecule has 1 fully saturated rings. The fourth-order valence-electron chi connectivity index (χ4n) is 1.95. The first-order valence-electron chi connectivity index (χ1n) is 6.29. The van der Waals surface area contributed by atoms with Crippen molar-refractivity contribution in [2.45, 2.75) is 19.4 Å². The van der Waals surface area contributed by atoms with Crippen LogP contribution in [-0.4, -0.2) is 34.4 Å². The Balaban J connectivity index is 1.84. The third kappa shape index (κ3) is 3.53. The van der Waals surface area contributed by atoms with E-state index < -0.39 is 5.97 Å². The van der Waals surface area contributed by atoms with Crippen LogP contribution in [0.15, 0.2) is 18.3 Å². The van der Waals surface area contributed by atoms with Crippen LogP contribution in [0.4, 0.5) is 0 Å². The maximum Gasteiger partial charge on any atom is 0.354 e. The monoisotopic (exact) mass is 277 g/mol. The predicted octanol–water partition coefficient (Wildman–Crippen LogP) is -0.0778. The zero-order valence-corrected chi connectivity index (χ0v) is 10.8. The molecule has 7 nitrogen and oxygen atoms in total. The first-order valence-corrected chi connectivity index (χ1v) is 6.29. The number of nitrogens with zero attached hydrogens (tertiary/aromatic N) is 1. The van der Waals surface area contributed by atoms with Crippen LogP contribution in [-0.2, 0) is 16.1 Å². The Hall–Kier alpha value is -2.44. The lowest BCUT2D eigenvalue weighted by atomic mass is 9.98. The van der Waals surface area contributed by atoms with Gasteiger partial charge in [-0.15, -0.1) is 0 Å². The van der Waals surface area contributed by atoms with E-state index in [9.17, 15) is 14.4 Å². The quantitative estimate of drug-likeness (QED) is 0.713. The van der Waals surface area contributed by atoms with Crippen molar-refractivity contribution in [2.24, 2.45) is 5.92 Å². The van der Waals surface area contributed by atoms with Gasteiger partial charge in [0.2, 0.25) is 11.8 Å². The SMILES string of the molecule is O=C1CCC(C(=O)NCc2ccc(C(=O)O)nc2)CN1. The van der Waals surface area contributed by atoms with Crippen molar-refractivity contribution in [3.8, 4) is 0 Å². The average Bonchev–Trinajstić information content (AvgIpc) is 2.46. The number of hydrogen-bond donors (Lipinski definition) is 3. The van der Waals surface area contributed by atoms with Gasteiger partial charge in [-0.1, -0.05) is 6.07 Å². The highest BCUT2D eigenvalue weighted by molar-refractivity contribution is 5.85. The topological polar surface area (TPSA) is 108 Å². The van der Waals surface area contributed by atoms with Crippen molar-refractivity contribution in [2.75, 3.05) is 6.54 Å². The Kier molecular flexibility index (Phi) is 4.29. The zero-order chi connectivity index (χ0) is 14.5. The van der Waals surface area contributed by atoms with Gasteiger partial charge in [0.1, 0.15) is 5.69 Å². The second kappa shape index (κ2) is 6.14. The number of aromatic carboxylic acids is 1. The number of hydrogen-bond acceptors (Lipinski definition) is 4. The Morgan fingerprint density at radius 3 is 2.80 bits per heavy atom. The van der Waals surface area contributed by atoms with E-state index in [1.54, 1.807) is 6.07 Å². The second-order valence-corrected chi connectivity index (χ2v) is 4.61. The molecule has 1 saturated heterocycles. The van der Waals surface area contributed by atoms with E-state index in [1.165, 1.54) is 12.3 Å². The minimum absolute atomic E-state index is 0.0255. The van der Waals surface area contributed by atoms with Crippen LogP contribution in [0.2, 0.25) is 0 Å². The molecule has 20 heavy (non-hydrogen) atoms. The number of carbonyl (C=O) groups is 3. The summed E-state index contributed by atoms with van der Waals surface area (Å²) in [7, 11) is 0. The number of amides is 2. The summed E-state index contributed by atoms with van der Waals surface area (Å²) in [6, 6.07) is 3.00. The van der Waals surface area contributed by atoms with Gasteiger partial charge in [0.25, 0.3) is 0 Å². The van der Waals surface area contributed by atoms with Gasteiger partial charge in [0.05, 0.1) is 5.92 Å². The highest BCUT2D eigenvalue weighted by Crippen LogP contribution is 2.11. The molecule has 1 unspecified atom stereocenters. The Morgan fingerprint density at radius 1 is 1.45 bits per heavy atom. The van der Waals surface area contributed by atoms with Crippen LogP contribution < -0.4 is 10.6 Å². The molecule has 2 rings (SSSR count). The van der Waals surface area contributed by atoms with Gasteiger partial charge in [0, 0.05) is 25.7 Å². The molecule has 0 saturated carbocycles. The molecule has 106 valence electrons. The molecule has 1 aromatic heterocycles. The Labute approximate surface area is 115 Å². The smallest absolute Gasteiger partial charge is 0.354 e. The predicted molar refractivity (Wildman–Crippen MR) is 68.8 cm³/mol. The van der Waals surface area contributed by atoms with Gasteiger partial charge < -0.3 is 15.7 Å². The van der Waals surface area contributed by atoms with Crippen molar-refractivity contribution >= 4 is 17.8 Å². The number of carboxylic acids is 1. The standard InChI is InChI=1S/C13H15N3O4/c17-11-4-2-9(7-15-11)12(18)16-6-8-1-3-10(13(19)20)14-5-8/h1,3,5,9H,2,4,6-7H2,(H,15,17)(H,16,18)(H,19,20). The third-order valence-electron chi connectivity index (χ3n) is 3.15. The summed E-state index contributed by atoms with van der Waals surface area (Å²) >= 11 is 0. The molecular formula is C13H15N3O4. The molecule has 2 heterocycles. The van der Waals surface area contributed by atoms with Crippen molar-refractivity contribution in [1.29, 1.82) is 0 Å². The van der Waals surface area contributed by atoms with Crippen molar-refractivity contribution < 1.29 is 19.5 Å². The van der Waals surface area contributed by atoms with Crippen LogP contribution in [0.5, 0.6) is 0 Å². The zero-order valence-electron chi connectivity index (χ0n) is 10.8. The lowest BCUT2D eigenvalue weighted by Gasteiger charge is -2.21. The van der Waals surface area contributed by atoms with Crippen LogP contribution in [0, 0.1) is 5.92 Å². The molecule has 0 bridgehead atoms. The molecule has 0 aliphatic carbocycles. The van der Waals surface area contributed by atoms with Crippen LogP contribution in [0.25, 0.3) is 0 Å². The first-order chi connectivity index (χ1) is 9.56. The fourth-order valence-corrected chi connectivity index (χ4v) is 1.95. The van der Waals surface area contributed by atoms with Crippen molar-refractivity contribution in [1.82, 2.24) is 15.6 Å². The second-order valence-electron chi connectivity index (χ2n) is 4.61. The Morgan fingerprint density at radius 2 is 2.25 bits per heavy atom. The highest BCUT2D eigenvalue weighted by atomic mass is 16.4. The molecule has 2 amide bonds. The Bertz CT molecular complexity index is 517. The maximum absolute atomic E-state index is 11.9. The first kappa shape index (κ1) is 14.0. The lowest BCUT2D eigenvalue weighted by molar-refractivity contribution is -0.129. The van der Waals surface area contributed by atoms with Gasteiger partial charge in [0.15, 0.2) is 0 Å². The molecule has 1 aliphatic rings. The number of aromatic nitrogens is 1. The molecule has 7 heteroatoms. The van der Waals surface area contributed by atoms with E-state index in [0.717, 1.165) is 5.56 Å². The molecule has 1 aliphatic heterocycles. The summed E-state index contributed by atoms with van der Waals surface area (Å²) in [5.41, 5.74) is 0.693. The molecule has 1 atom stereocenters. The van der Waals surface area contributed by atoms with Crippen LogP contribution in [0.1, 0.15) is 28.9 Å². The minimum atomic E-state index is -1.08. The van der Waals surface area contributed by atoms with Gasteiger partial charge in [-0.25, -0.2) is 9.78 Å². The number of piperidine rings is 1. The van der Waals surface area contributed by atoms with Gasteiger partial charge in [-0.05, 0) is 18.1 Å². The molecule has 0 aromatic carbocycles. The summed E-state index contributed by atoms with van der Waals surface area (Å²) in [6.07, 6.45) is 2.34.